The number of aliphatic imine (C=N–C) groups is 1. The van der Waals surface area contributed by atoms with Crippen molar-refractivity contribution in [2.75, 3.05) is 20.7 Å². The molecule has 2 aromatic carbocycles. The minimum atomic E-state index is -2.91. The predicted molar refractivity (Wildman–Crippen MR) is 118 cm³/mol. The fourth-order valence-corrected chi connectivity index (χ4v) is 3.55. The number of benzene rings is 2. The summed E-state index contributed by atoms with van der Waals surface area (Å²) in [6, 6.07) is 12.7. The molecule has 0 saturated carbocycles. The van der Waals surface area contributed by atoms with Gasteiger partial charge in [0.05, 0.1) is 7.11 Å². The van der Waals surface area contributed by atoms with Crippen LogP contribution in [-0.4, -0.2) is 44.1 Å². The maximum absolute atomic E-state index is 12.7. The summed E-state index contributed by atoms with van der Waals surface area (Å²) in [6.45, 7) is -0.764. The molecule has 0 atom stereocenters. The number of nitrogens with zero attached hydrogens (tertiary/aromatic N) is 2. The number of guanidine groups is 1. The maximum atomic E-state index is 12.7. The van der Waals surface area contributed by atoms with Gasteiger partial charge in [-0.25, -0.2) is 0 Å². The van der Waals surface area contributed by atoms with Gasteiger partial charge in [-0.05, 0) is 35.7 Å². The number of alkyl halides is 2. The summed E-state index contributed by atoms with van der Waals surface area (Å²) in [4.78, 5) is 17.9. The van der Waals surface area contributed by atoms with Gasteiger partial charge in [0.15, 0.2) is 5.96 Å². The summed E-state index contributed by atoms with van der Waals surface area (Å²) in [7, 11) is 3.14. The van der Waals surface area contributed by atoms with E-state index in [9.17, 15) is 13.6 Å². The van der Waals surface area contributed by atoms with Crippen molar-refractivity contribution in [2.24, 2.45) is 4.99 Å². The zero-order chi connectivity index (χ0) is 22.9. The summed E-state index contributed by atoms with van der Waals surface area (Å²) in [5, 5.41) is 6.32. The van der Waals surface area contributed by atoms with Crippen LogP contribution in [0.25, 0.3) is 0 Å². The number of halogens is 2. The molecule has 0 aromatic heterocycles. The molecule has 0 bridgehead atoms. The molecule has 172 valence electrons. The third kappa shape index (κ3) is 6.57. The number of ether oxygens (including phenoxy) is 2. The summed E-state index contributed by atoms with van der Waals surface area (Å²) >= 11 is 0. The van der Waals surface area contributed by atoms with Crippen LogP contribution in [0.2, 0.25) is 0 Å². The van der Waals surface area contributed by atoms with E-state index in [-0.39, 0.29) is 18.2 Å². The van der Waals surface area contributed by atoms with Crippen LogP contribution in [0.4, 0.5) is 8.78 Å². The van der Waals surface area contributed by atoms with Gasteiger partial charge in [0.1, 0.15) is 11.5 Å². The largest absolute Gasteiger partial charge is 0.497 e. The van der Waals surface area contributed by atoms with Gasteiger partial charge in [0.25, 0.3) is 0 Å². The first-order chi connectivity index (χ1) is 15.5. The van der Waals surface area contributed by atoms with E-state index >= 15 is 0 Å². The molecule has 0 radical (unpaired) electrons. The average molecular weight is 446 g/mol. The zero-order valence-corrected chi connectivity index (χ0v) is 18.2. The fraction of sp³-hybridized carbons (Fsp3) is 0.391. The monoisotopic (exact) mass is 446 g/mol. The number of hydrogen-bond acceptors (Lipinski definition) is 4. The summed E-state index contributed by atoms with van der Waals surface area (Å²) in [6.07, 6.45) is 1.54. The Morgan fingerprint density at radius 3 is 2.62 bits per heavy atom. The summed E-state index contributed by atoms with van der Waals surface area (Å²) < 4.78 is 35.2. The maximum Gasteiger partial charge on any atom is 0.387 e. The molecule has 2 aromatic rings. The summed E-state index contributed by atoms with van der Waals surface area (Å²) in [5.41, 5.74) is 2.64. The van der Waals surface area contributed by atoms with E-state index < -0.39 is 6.61 Å². The highest BCUT2D eigenvalue weighted by Crippen LogP contribution is 2.25. The number of nitrogens with one attached hydrogen (secondary N) is 2. The van der Waals surface area contributed by atoms with Crippen molar-refractivity contribution in [3.63, 3.8) is 0 Å². The Morgan fingerprint density at radius 1 is 1.16 bits per heavy atom. The first kappa shape index (κ1) is 23.3. The Balaban J connectivity index is 1.58. The Labute approximate surface area is 186 Å². The van der Waals surface area contributed by atoms with E-state index in [0.717, 1.165) is 24.1 Å². The molecule has 0 spiro atoms. The fourth-order valence-electron chi connectivity index (χ4n) is 3.55. The lowest BCUT2D eigenvalue weighted by Gasteiger charge is -2.17. The average Bonchev–Trinajstić information content (AvgIpc) is 3.19. The molecule has 7 nitrogen and oxygen atoms in total. The minimum Gasteiger partial charge on any atom is -0.497 e. The Hall–Kier alpha value is -3.36. The number of rotatable bonds is 9. The van der Waals surface area contributed by atoms with Crippen LogP contribution >= 0.6 is 0 Å². The van der Waals surface area contributed by atoms with Crippen LogP contribution < -0.4 is 20.1 Å². The number of amides is 1. The van der Waals surface area contributed by atoms with Crippen LogP contribution in [0.1, 0.15) is 29.5 Å². The normalized spacial score (nSPS) is 14.1. The van der Waals surface area contributed by atoms with Crippen molar-refractivity contribution in [3.05, 3.63) is 59.2 Å². The number of hydrogen-bond donors (Lipinski definition) is 2. The Bertz CT molecular complexity index is 953. The molecule has 1 aliphatic rings. The molecule has 1 amide bonds. The summed E-state index contributed by atoms with van der Waals surface area (Å²) in [5.74, 6) is 1.33. The first-order valence-electron chi connectivity index (χ1n) is 10.4. The van der Waals surface area contributed by atoms with E-state index in [1.807, 2.05) is 23.1 Å². The van der Waals surface area contributed by atoms with Crippen molar-refractivity contribution in [2.45, 2.75) is 39.1 Å². The lowest BCUT2D eigenvalue weighted by atomic mass is 10.1. The molecule has 1 heterocycles. The smallest absolute Gasteiger partial charge is 0.387 e. The van der Waals surface area contributed by atoms with Crippen molar-refractivity contribution < 1.29 is 23.0 Å². The second kappa shape index (κ2) is 11.3. The molecule has 2 N–H and O–H groups in total. The van der Waals surface area contributed by atoms with Crippen LogP contribution in [0, 0.1) is 0 Å². The van der Waals surface area contributed by atoms with Crippen molar-refractivity contribution in [3.8, 4) is 11.5 Å². The molecular formula is C23H28F2N4O3. The lowest BCUT2D eigenvalue weighted by molar-refractivity contribution is -0.128. The lowest BCUT2D eigenvalue weighted by Crippen LogP contribution is -2.36. The van der Waals surface area contributed by atoms with Crippen molar-refractivity contribution >= 4 is 11.9 Å². The molecule has 1 saturated heterocycles. The van der Waals surface area contributed by atoms with E-state index in [1.165, 1.54) is 13.2 Å². The van der Waals surface area contributed by atoms with Gasteiger partial charge < -0.3 is 25.0 Å². The van der Waals surface area contributed by atoms with Crippen LogP contribution in [0.3, 0.4) is 0 Å². The molecular weight excluding hydrogens is 418 g/mol. The molecule has 0 unspecified atom stereocenters. The molecule has 3 rings (SSSR count). The van der Waals surface area contributed by atoms with E-state index in [0.29, 0.717) is 36.8 Å². The number of carbonyl (C=O) groups is 1. The quantitative estimate of drug-likeness (QED) is 0.457. The highest BCUT2D eigenvalue weighted by Gasteiger charge is 2.20. The number of carbonyl (C=O) groups excluding carboxylic acids is 1. The minimum absolute atomic E-state index is 0.0768. The molecule has 1 fully saturated rings. The van der Waals surface area contributed by atoms with Gasteiger partial charge >= 0.3 is 6.61 Å². The van der Waals surface area contributed by atoms with Gasteiger partial charge in [-0.2, -0.15) is 8.78 Å². The van der Waals surface area contributed by atoms with Crippen LogP contribution in [-0.2, 0) is 24.4 Å². The van der Waals surface area contributed by atoms with Gasteiger partial charge in [-0.3, -0.25) is 9.79 Å². The highest BCUT2D eigenvalue weighted by atomic mass is 19.3. The predicted octanol–water partition coefficient (Wildman–Crippen LogP) is 3.28. The third-order valence-electron chi connectivity index (χ3n) is 5.15. The van der Waals surface area contributed by atoms with E-state index in [1.54, 1.807) is 19.2 Å². The second-order valence-electron chi connectivity index (χ2n) is 7.37. The number of methoxy groups -OCH3 is 1. The highest BCUT2D eigenvalue weighted by molar-refractivity contribution is 5.79. The van der Waals surface area contributed by atoms with Crippen molar-refractivity contribution in [1.29, 1.82) is 0 Å². The van der Waals surface area contributed by atoms with Gasteiger partial charge in [-0.1, -0.05) is 24.3 Å². The van der Waals surface area contributed by atoms with Gasteiger partial charge in [0, 0.05) is 45.2 Å². The van der Waals surface area contributed by atoms with Crippen LogP contribution in [0.15, 0.2) is 47.5 Å². The van der Waals surface area contributed by atoms with Gasteiger partial charge in [-0.15, -0.1) is 0 Å². The first-order valence-corrected chi connectivity index (χ1v) is 10.4. The van der Waals surface area contributed by atoms with E-state index in [2.05, 4.69) is 26.4 Å². The molecule has 0 aliphatic carbocycles. The molecule has 32 heavy (non-hydrogen) atoms. The number of likely N-dealkylation sites (tertiary alicyclic amines) is 1. The second-order valence-corrected chi connectivity index (χ2v) is 7.37. The topological polar surface area (TPSA) is 75.2 Å². The molecule has 9 heteroatoms. The Kier molecular flexibility index (Phi) is 8.24. The Morgan fingerprint density at radius 2 is 1.94 bits per heavy atom. The standard InChI is InChI=1S/C23H28F2N4O3/c1-26-23(28-14-18-12-19(31-2)8-9-20(18)32-22(24)25)27-13-16-5-3-6-17(11-16)15-29-10-4-7-21(29)30/h3,5-6,8-9,11-12,22H,4,7,10,13-15H2,1-2H3,(H2,26,27,28). The van der Waals surface area contributed by atoms with E-state index in [4.69, 9.17) is 4.74 Å². The third-order valence-corrected chi connectivity index (χ3v) is 5.15. The zero-order valence-electron chi connectivity index (χ0n) is 18.2. The SMILES string of the molecule is CN=C(NCc1cccc(CN2CCCC2=O)c1)NCc1cc(OC)ccc1OC(F)F. The van der Waals surface area contributed by atoms with Crippen LogP contribution in [0.5, 0.6) is 11.5 Å². The van der Waals surface area contributed by atoms with Gasteiger partial charge in [0.2, 0.25) is 5.91 Å². The van der Waals surface area contributed by atoms with Crippen molar-refractivity contribution in [1.82, 2.24) is 15.5 Å². The molecule has 1 aliphatic heterocycles.